The number of hydrogen-bond acceptors (Lipinski definition) is 4. The third-order valence-electron chi connectivity index (χ3n) is 8.86. The van der Waals surface area contributed by atoms with E-state index in [4.69, 9.17) is 9.05 Å². The Morgan fingerprint density at radius 2 is 0.605 bits per heavy atom. The normalized spacial score (nSPS) is 12.4. The van der Waals surface area contributed by atoms with Crippen LogP contribution in [0.1, 0.15) is 221 Å². The maximum absolute atomic E-state index is 11.6. The molecule has 0 spiro atoms. The average molecular weight is 631 g/mol. The molecule has 0 aromatic heterocycles. The van der Waals surface area contributed by atoms with Crippen LogP contribution in [0.3, 0.4) is 0 Å². The second kappa shape index (κ2) is 32.2. The molecule has 43 heavy (non-hydrogen) atoms. The Balaban J connectivity index is 4.00. The van der Waals surface area contributed by atoms with E-state index in [-0.39, 0.29) is 12.1 Å². The van der Waals surface area contributed by atoms with Gasteiger partial charge in [-0.05, 0) is 40.5 Å². The predicted octanol–water partition coefficient (Wildman–Crippen LogP) is 13.8. The molecule has 0 heterocycles. The van der Waals surface area contributed by atoms with E-state index in [1.54, 1.807) is 0 Å². The molecule has 260 valence electrons. The van der Waals surface area contributed by atoms with Crippen LogP contribution in [0, 0.1) is 0 Å². The standard InChI is InChI=1S/C38H81NO3P/c1-7-9-11-13-15-17-19-21-23-25-27-29-31-33-35-41-43(40,39(37(3)4)38(5)6)42-36-34-32-30-28-26-24-22-20-18-16-14-12-10-8-2/h37-38,40H,7-36H2,1-6H3/q+1. The van der Waals surface area contributed by atoms with Gasteiger partial charge in [-0.1, -0.05) is 185 Å². The summed E-state index contributed by atoms with van der Waals surface area (Å²) in [6.07, 6.45) is 37.7. The van der Waals surface area contributed by atoms with Crippen LogP contribution in [-0.2, 0) is 9.05 Å². The van der Waals surface area contributed by atoms with Crippen molar-refractivity contribution in [3.63, 3.8) is 0 Å². The Morgan fingerprint density at radius 1 is 0.395 bits per heavy atom. The zero-order chi connectivity index (χ0) is 31.9. The second-order valence-corrected chi connectivity index (χ2v) is 15.9. The van der Waals surface area contributed by atoms with Crippen molar-refractivity contribution in [2.45, 2.75) is 233 Å². The Hall–Kier alpha value is 0.270. The van der Waals surface area contributed by atoms with Gasteiger partial charge in [-0.2, -0.15) is 13.9 Å². The zero-order valence-corrected chi connectivity index (χ0v) is 31.4. The molecule has 0 aromatic rings. The van der Waals surface area contributed by atoms with Crippen molar-refractivity contribution in [1.29, 1.82) is 0 Å². The fourth-order valence-electron chi connectivity index (χ4n) is 6.31. The number of unbranched alkanes of at least 4 members (excludes halogenated alkanes) is 26. The van der Waals surface area contributed by atoms with Gasteiger partial charge < -0.3 is 0 Å². The minimum absolute atomic E-state index is 0.186. The van der Waals surface area contributed by atoms with Crippen LogP contribution in [0.4, 0.5) is 0 Å². The van der Waals surface area contributed by atoms with Crippen LogP contribution in [0.2, 0.25) is 0 Å². The number of rotatable bonds is 35. The summed E-state index contributed by atoms with van der Waals surface area (Å²) in [4.78, 5) is 11.6. The molecule has 0 amide bonds. The summed E-state index contributed by atoms with van der Waals surface area (Å²) in [5.41, 5.74) is 0. The van der Waals surface area contributed by atoms with Crippen LogP contribution in [0.25, 0.3) is 0 Å². The molecule has 0 fully saturated rings. The lowest BCUT2D eigenvalue weighted by atomic mass is 10.0. The van der Waals surface area contributed by atoms with Gasteiger partial charge in [-0.3, -0.25) is 0 Å². The molecule has 0 rings (SSSR count). The largest absolute Gasteiger partial charge is 0.502 e. The van der Waals surface area contributed by atoms with Crippen molar-refractivity contribution >= 4 is 8.09 Å². The van der Waals surface area contributed by atoms with Gasteiger partial charge in [0.1, 0.15) is 0 Å². The molecule has 0 saturated carbocycles. The smallest absolute Gasteiger partial charge is 0.177 e. The molecule has 0 aliphatic heterocycles. The topological polar surface area (TPSA) is 41.9 Å². The van der Waals surface area contributed by atoms with E-state index < -0.39 is 8.09 Å². The first-order valence-electron chi connectivity index (χ1n) is 19.6. The third kappa shape index (κ3) is 27.1. The van der Waals surface area contributed by atoms with Crippen molar-refractivity contribution in [3.05, 3.63) is 0 Å². The quantitative estimate of drug-likeness (QED) is 0.0559. The van der Waals surface area contributed by atoms with Gasteiger partial charge in [-0.15, -0.1) is 0 Å². The van der Waals surface area contributed by atoms with E-state index in [1.165, 1.54) is 167 Å². The molecule has 0 radical (unpaired) electrons. The van der Waals surface area contributed by atoms with Crippen LogP contribution in [0.15, 0.2) is 0 Å². The molecule has 4 nitrogen and oxygen atoms in total. The summed E-state index contributed by atoms with van der Waals surface area (Å²) < 4.78 is 14.5. The van der Waals surface area contributed by atoms with Crippen molar-refractivity contribution in [2.24, 2.45) is 0 Å². The van der Waals surface area contributed by atoms with Crippen molar-refractivity contribution in [1.82, 2.24) is 4.67 Å². The highest BCUT2D eigenvalue weighted by Gasteiger charge is 2.52. The van der Waals surface area contributed by atoms with E-state index in [0.29, 0.717) is 13.2 Å². The Kier molecular flexibility index (Phi) is 32.4. The predicted molar refractivity (Wildman–Crippen MR) is 194 cm³/mol. The molecule has 0 aromatic carbocycles. The maximum Gasteiger partial charge on any atom is 0.502 e. The lowest BCUT2D eigenvalue weighted by molar-refractivity contribution is 0.0986. The molecular weight excluding hydrogens is 549 g/mol. The molecule has 5 heteroatoms. The molecule has 1 N–H and O–H groups in total. The molecule has 0 bridgehead atoms. The Bertz CT molecular complexity index is 503. The minimum Gasteiger partial charge on any atom is -0.177 e. The number of hydrogen-bond donors (Lipinski definition) is 1. The van der Waals surface area contributed by atoms with Crippen molar-refractivity contribution < 1.29 is 13.9 Å². The summed E-state index contributed by atoms with van der Waals surface area (Å²) in [7, 11) is -3.03. The lowest BCUT2D eigenvalue weighted by Crippen LogP contribution is -2.38. The van der Waals surface area contributed by atoms with E-state index >= 15 is 0 Å². The van der Waals surface area contributed by atoms with Crippen LogP contribution < -0.4 is 0 Å². The first-order valence-corrected chi connectivity index (χ1v) is 21.1. The molecule has 0 saturated heterocycles. The van der Waals surface area contributed by atoms with Gasteiger partial charge in [0.15, 0.2) is 0 Å². The summed E-state index contributed by atoms with van der Waals surface area (Å²) in [6, 6.07) is 0.372. The van der Waals surface area contributed by atoms with Gasteiger partial charge in [0.05, 0.1) is 13.2 Å². The number of nitrogens with zero attached hydrogens (tertiary/aromatic N) is 1. The van der Waals surface area contributed by atoms with Gasteiger partial charge in [-0.25, -0.2) is 0 Å². The average Bonchev–Trinajstić information content (AvgIpc) is 2.96. The highest BCUT2D eigenvalue weighted by Crippen LogP contribution is 2.62. The monoisotopic (exact) mass is 631 g/mol. The summed E-state index contributed by atoms with van der Waals surface area (Å²) >= 11 is 0. The third-order valence-corrected chi connectivity index (χ3v) is 11.4. The van der Waals surface area contributed by atoms with E-state index in [9.17, 15) is 4.89 Å². The van der Waals surface area contributed by atoms with Crippen LogP contribution >= 0.6 is 8.09 Å². The molecule has 0 atom stereocenters. The maximum atomic E-state index is 11.6. The highest BCUT2D eigenvalue weighted by atomic mass is 31.2. The van der Waals surface area contributed by atoms with Gasteiger partial charge in [0, 0.05) is 12.1 Å². The fraction of sp³-hybridized carbons (Fsp3) is 1.00. The SMILES string of the molecule is CCCCCCCCCCCCCCCCO[P+](O)(OCCCCCCCCCCCCCCCC)N(C(C)C)C(C)C. The summed E-state index contributed by atoms with van der Waals surface area (Å²) in [5.74, 6) is 0. The fourth-order valence-corrected chi connectivity index (χ4v) is 8.55. The van der Waals surface area contributed by atoms with Crippen LogP contribution in [-0.4, -0.2) is 34.9 Å². The highest BCUT2D eigenvalue weighted by molar-refractivity contribution is 7.58. The first kappa shape index (κ1) is 43.3. The van der Waals surface area contributed by atoms with Crippen molar-refractivity contribution in [3.8, 4) is 0 Å². The molecule has 0 unspecified atom stereocenters. The Labute approximate surface area is 272 Å². The van der Waals surface area contributed by atoms with Gasteiger partial charge in [0.25, 0.3) is 0 Å². The molecule has 0 aliphatic carbocycles. The summed E-state index contributed by atoms with van der Waals surface area (Å²) in [6.45, 7) is 14.3. The van der Waals surface area contributed by atoms with E-state index in [2.05, 4.69) is 46.2 Å². The van der Waals surface area contributed by atoms with Crippen LogP contribution in [0.5, 0.6) is 0 Å². The lowest BCUT2D eigenvalue weighted by Gasteiger charge is -2.32. The first-order chi connectivity index (χ1) is 20.9. The van der Waals surface area contributed by atoms with Crippen molar-refractivity contribution in [2.75, 3.05) is 13.2 Å². The zero-order valence-electron chi connectivity index (χ0n) is 30.5. The van der Waals surface area contributed by atoms with Gasteiger partial charge >= 0.3 is 8.09 Å². The van der Waals surface area contributed by atoms with Gasteiger partial charge in [0.2, 0.25) is 0 Å². The summed E-state index contributed by atoms with van der Waals surface area (Å²) in [5, 5.41) is 0. The minimum atomic E-state index is -3.03. The Morgan fingerprint density at radius 3 is 0.814 bits per heavy atom. The molecular formula is C38H81NO3P+. The van der Waals surface area contributed by atoms with E-state index in [0.717, 1.165) is 12.8 Å². The van der Waals surface area contributed by atoms with E-state index in [1.807, 2.05) is 0 Å². The second-order valence-electron chi connectivity index (χ2n) is 13.9. The molecule has 0 aliphatic rings.